The highest BCUT2D eigenvalue weighted by Gasteiger charge is 2.50. The maximum atomic E-state index is 12.3. The predicted octanol–water partition coefficient (Wildman–Crippen LogP) is 1.16. The minimum atomic E-state index is -1.27. The van der Waals surface area contributed by atoms with Gasteiger partial charge in [-0.3, -0.25) is 4.79 Å². The van der Waals surface area contributed by atoms with Gasteiger partial charge in [0.15, 0.2) is 12.1 Å². The molecule has 1 atom stereocenters. The molecule has 1 aromatic rings. The molecule has 114 valence electrons. The maximum Gasteiger partial charge on any atom is 0.332 e. The average Bonchev–Trinajstić information content (AvgIpc) is 2.91. The summed E-state index contributed by atoms with van der Waals surface area (Å²) in [4.78, 5) is 25.2. The molecule has 1 aromatic carbocycles. The first-order chi connectivity index (χ1) is 10.1. The van der Waals surface area contributed by atoms with Crippen LogP contribution in [-0.4, -0.2) is 54.3 Å². The van der Waals surface area contributed by atoms with E-state index in [-0.39, 0.29) is 19.1 Å². The quantitative estimate of drug-likeness (QED) is 0.851. The Kier molecular flexibility index (Phi) is 4.80. The summed E-state index contributed by atoms with van der Waals surface area (Å²) >= 11 is 0. The number of para-hydroxylation sites is 1. The summed E-state index contributed by atoms with van der Waals surface area (Å²) in [6.07, 6.45) is 1.04. The lowest BCUT2D eigenvalue weighted by Gasteiger charge is -2.33. The van der Waals surface area contributed by atoms with Crippen LogP contribution in [0, 0.1) is 0 Å². The van der Waals surface area contributed by atoms with Gasteiger partial charge in [0.1, 0.15) is 5.75 Å². The number of carbonyl (C=O) groups excluding carboxylic acids is 1. The van der Waals surface area contributed by atoms with Gasteiger partial charge in [0, 0.05) is 13.7 Å². The fourth-order valence-electron chi connectivity index (χ4n) is 2.65. The van der Waals surface area contributed by atoms with E-state index in [1.54, 1.807) is 12.1 Å². The topological polar surface area (TPSA) is 76.1 Å². The van der Waals surface area contributed by atoms with Gasteiger partial charge < -0.3 is 19.5 Å². The van der Waals surface area contributed by atoms with Crippen LogP contribution in [0.4, 0.5) is 0 Å². The Morgan fingerprint density at radius 3 is 2.67 bits per heavy atom. The molecule has 1 N–H and O–H groups in total. The summed E-state index contributed by atoms with van der Waals surface area (Å²) in [5.41, 5.74) is -1.27. The van der Waals surface area contributed by atoms with Crippen molar-refractivity contribution >= 4 is 11.9 Å². The Bertz CT molecular complexity index is 504. The van der Waals surface area contributed by atoms with Gasteiger partial charge in [-0.25, -0.2) is 4.79 Å². The van der Waals surface area contributed by atoms with Crippen LogP contribution in [0.15, 0.2) is 30.3 Å². The largest absolute Gasteiger partial charge is 0.484 e. The number of carboxylic acids is 1. The average molecular weight is 293 g/mol. The molecule has 0 aliphatic carbocycles. The van der Waals surface area contributed by atoms with Crippen molar-refractivity contribution in [2.75, 3.05) is 26.9 Å². The minimum Gasteiger partial charge on any atom is -0.484 e. The summed E-state index contributed by atoms with van der Waals surface area (Å²) in [7, 11) is 1.44. The molecule has 1 amide bonds. The van der Waals surface area contributed by atoms with E-state index in [1.165, 1.54) is 12.0 Å². The van der Waals surface area contributed by atoms with Crippen molar-refractivity contribution in [3.8, 4) is 5.75 Å². The Hall–Kier alpha value is -2.08. The molecule has 6 heteroatoms. The SMILES string of the molecule is COCC1(C(=O)O)CCCN1C(=O)COc1ccccc1. The van der Waals surface area contributed by atoms with Crippen LogP contribution in [0.25, 0.3) is 0 Å². The third-order valence-electron chi connectivity index (χ3n) is 3.68. The highest BCUT2D eigenvalue weighted by molar-refractivity contribution is 5.88. The first-order valence-electron chi connectivity index (χ1n) is 6.81. The number of hydrogen-bond donors (Lipinski definition) is 1. The van der Waals surface area contributed by atoms with Gasteiger partial charge in [-0.05, 0) is 25.0 Å². The Morgan fingerprint density at radius 2 is 2.05 bits per heavy atom. The molecule has 1 aliphatic rings. The van der Waals surface area contributed by atoms with Crippen LogP contribution in [0.5, 0.6) is 5.75 Å². The summed E-state index contributed by atoms with van der Waals surface area (Å²) in [6.45, 7) is 0.217. The number of carbonyl (C=O) groups is 2. The summed E-state index contributed by atoms with van der Waals surface area (Å²) in [5.74, 6) is -0.788. The number of aliphatic carboxylic acids is 1. The van der Waals surface area contributed by atoms with Crippen molar-refractivity contribution in [2.24, 2.45) is 0 Å². The molecule has 0 spiro atoms. The van der Waals surface area contributed by atoms with Crippen molar-refractivity contribution in [1.29, 1.82) is 0 Å². The van der Waals surface area contributed by atoms with Crippen LogP contribution in [-0.2, 0) is 14.3 Å². The number of likely N-dealkylation sites (tertiary alicyclic amines) is 1. The van der Waals surface area contributed by atoms with E-state index in [0.717, 1.165) is 0 Å². The molecule has 1 aliphatic heterocycles. The van der Waals surface area contributed by atoms with Gasteiger partial charge >= 0.3 is 5.97 Å². The van der Waals surface area contributed by atoms with E-state index in [1.807, 2.05) is 18.2 Å². The second-order valence-electron chi connectivity index (χ2n) is 5.02. The second-order valence-corrected chi connectivity index (χ2v) is 5.02. The summed E-state index contributed by atoms with van der Waals surface area (Å²) in [6, 6.07) is 8.96. The second kappa shape index (κ2) is 6.58. The van der Waals surface area contributed by atoms with Crippen molar-refractivity contribution < 1.29 is 24.2 Å². The van der Waals surface area contributed by atoms with Crippen LogP contribution in [0.2, 0.25) is 0 Å². The molecule has 1 fully saturated rings. The fraction of sp³-hybridized carbons (Fsp3) is 0.467. The van der Waals surface area contributed by atoms with E-state index < -0.39 is 11.5 Å². The van der Waals surface area contributed by atoms with E-state index in [4.69, 9.17) is 9.47 Å². The van der Waals surface area contributed by atoms with Crippen molar-refractivity contribution in [3.63, 3.8) is 0 Å². The van der Waals surface area contributed by atoms with Gasteiger partial charge in [-0.1, -0.05) is 18.2 Å². The van der Waals surface area contributed by atoms with Crippen molar-refractivity contribution in [1.82, 2.24) is 4.90 Å². The lowest BCUT2D eigenvalue weighted by Crippen LogP contribution is -2.57. The van der Waals surface area contributed by atoms with E-state index in [0.29, 0.717) is 25.1 Å². The smallest absolute Gasteiger partial charge is 0.332 e. The van der Waals surface area contributed by atoms with Gasteiger partial charge in [0.25, 0.3) is 5.91 Å². The molecular formula is C15H19NO5. The molecule has 0 bridgehead atoms. The minimum absolute atomic E-state index is 0.0145. The van der Waals surface area contributed by atoms with Crippen molar-refractivity contribution in [2.45, 2.75) is 18.4 Å². The fourth-order valence-corrected chi connectivity index (χ4v) is 2.65. The van der Waals surface area contributed by atoms with Gasteiger partial charge in [-0.15, -0.1) is 0 Å². The molecule has 1 heterocycles. The Labute approximate surface area is 123 Å². The number of carboxylic acid groups (broad SMARTS) is 1. The third-order valence-corrected chi connectivity index (χ3v) is 3.68. The molecule has 1 saturated heterocycles. The molecule has 6 nitrogen and oxygen atoms in total. The summed E-state index contributed by atoms with van der Waals surface area (Å²) < 4.78 is 10.4. The monoisotopic (exact) mass is 293 g/mol. The predicted molar refractivity (Wildman–Crippen MR) is 75.1 cm³/mol. The van der Waals surface area contributed by atoms with Crippen LogP contribution in [0.1, 0.15) is 12.8 Å². The number of methoxy groups -OCH3 is 1. The zero-order valence-corrected chi connectivity index (χ0v) is 11.9. The zero-order valence-electron chi connectivity index (χ0n) is 11.9. The maximum absolute atomic E-state index is 12.3. The number of nitrogens with zero attached hydrogens (tertiary/aromatic N) is 1. The highest BCUT2D eigenvalue weighted by Crippen LogP contribution is 2.30. The first kappa shape index (κ1) is 15.3. The number of rotatable bonds is 6. The number of benzene rings is 1. The molecule has 2 rings (SSSR count). The molecule has 1 unspecified atom stereocenters. The lowest BCUT2D eigenvalue weighted by molar-refractivity contribution is -0.160. The van der Waals surface area contributed by atoms with Crippen LogP contribution < -0.4 is 4.74 Å². The van der Waals surface area contributed by atoms with E-state index in [2.05, 4.69) is 0 Å². The standard InChI is InChI=1S/C15H19NO5/c1-20-11-15(14(18)19)8-5-9-16(15)13(17)10-21-12-6-3-2-4-7-12/h2-4,6-7H,5,8-11H2,1H3,(H,18,19). The Balaban J connectivity index is 2.05. The lowest BCUT2D eigenvalue weighted by atomic mass is 9.97. The van der Waals surface area contributed by atoms with Gasteiger partial charge in [0.2, 0.25) is 0 Å². The molecule has 21 heavy (non-hydrogen) atoms. The molecule has 0 aromatic heterocycles. The number of ether oxygens (including phenoxy) is 2. The molecule has 0 saturated carbocycles. The highest BCUT2D eigenvalue weighted by atomic mass is 16.5. The third kappa shape index (κ3) is 3.16. The zero-order chi connectivity index (χ0) is 15.3. The summed E-state index contributed by atoms with van der Waals surface area (Å²) in [5, 5.41) is 9.48. The van der Waals surface area contributed by atoms with Crippen molar-refractivity contribution in [3.05, 3.63) is 30.3 Å². The van der Waals surface area contributed by atoms with Gasteiger partial charge in [0.05, 0.1) is 6.61 Å². The van der Waals surface area contributed by atoms with Crippen LogP contribution >= 0.6 is 0 Å². The normalized spacial score (nSPS) is 21.3. The van der Waals surface area contributed by atoms with Gasteiger partial charge in [-0.2, -0.15) is 0 Å². The molecular weight excluding hydrogens is 274 g/mol. The van der Waals surface area contributed by atoms with E-state index in [9.17, 15) is 14.7 Å². The molecule has 0 radical (unpaired) electrons. The number of hydrogen-bond acceptors (Lipinski definition) is 4. The first-order valence-corrected chi connectivity index (χ1v) is 6.81. The van der Waals surface area contributed by atoms with Crippen LogP contribution in [0.3, 0.4) is 0 Å². The van der Waals surface area contributed by atoms with E-state index >= 15 is 0 Å². The number of amides is 1. The Morgan fingerprint density at radius 1 is 1.33 bits per heavy atom.